The average molecular weight is 132 g/mol. The van der Waals surface area contributed by atoms with E-state index < -0.39 is 0 Å². The van der Waals surface area contributed by atoms with Crippen LogP contribution >= 0.6 is 0 Å². The molecule has 0 bridgehead atoms. The van der Waals surface area contributed by atoms with Crippen LogP contribution in [0, 0.1) is 0 Å². The number of nitrogens with one attached hydrogen (secondary N) is 1. The zero-order valence-electron chi connectivity index (χ0n) is 5.49. The van der Waals surface area contributed by atoms with Crippen molar-refractivity contribution in [2.45, 2.75) is 12.1 Å². The number of nitrogens with zero attached hydrogens (tertiary/aromatic N) is 1. The maximum Gasteiger partial charge on any atom is 0.101 e. The zero-order chi connectivity index (χ0) is 6.81. The highest BCUT2D eigenvalue weighted by molar-refractivity contribution is 5.54. The van der Waals surface area contributed by atoms with Crippen molar-refractivity contribution >= 4 is 5.87 Å². The molecule has 0 saturated carbocycles. The molecule has 0 spiro atoms. The lowest BCUT2D eigenvalue weighted by Gasteiger charge is -2.21. The van der Waals surface area contributed by atoms with Gasteiger partial charge in [-0.25, -0.2) is 4.99 Å². The molecule has 2 rings (SSSR count). The van der Waals surface area contributed by atoms with Crippen molar-refractivity contribution in [3.8, 4) is 0 Å². The molecule has 0 aromatic rings. The third-order valence-corrected chi connectivity index (χ3v) is 1.67. The minimum atomic E-state index is 0.259. The summed E-state index contributed by atoms with van der Waals surface area (Å²) in [7, 11) is 0. The fraction of sp³-hybridized carbons (Fsp3) is 0.250. The predicted octanol–water partition coefficient (Wildman–Crippen LogP) is 0.636. The average Bonchev–Trinajstić information content (AvgIpc) is 2.05. The number of hydrogen-bond donors (Lipinski definition) is 1. The lowest BCUT2D eigenvalue weighted by atomic mass is 10.0. The Labute approximate surface area is 59.7 Å². The highest BCUT2D eigenvalue weighted by Gasteiger charge is 2.16. The van der Waals surface area contributed by atoms with Crippen molar-refractivity contribution < 1.29 is 0 Å². The van der Waals surface area contributed by atoms with Crippen molar-refractivity contribution in [2.24, 2.45) is 4.99 Å². The first-order valence-corrected chi connectivity index (χ1v) is 3.35. The smallest absolute Gasteiger partial charge is 0.101 e. The van der Waals surface area contributed by atoms with Gasteiger partial charge in [-0.05, 0) is 5.87 Å². The summed E-state index contributed by atoms with van der Waals surface area (Å²) in [4.78, 5) is 4.15. The van der Waals surface area contributed by atoms with E-state index >= 15 is 0 Å². The minimum Gasteiger partial charge on any atom is -0.375 e. The molecule has 1 aliphatic heterocycles. The lowest BCUT2D eigenvalue weighted by molar-refractivity contribution is 0.614. The van der Waals surface area contributed by atoms with E-state index in [1.165, 1.54) is 0 Å². The molecule has 0 amide bonds. The van der Waals surface area contributed by atoms with Crippen LogP contribution in [0.25, 0.3) is 0 Å². The number of hydrogen-bond acceptors (Lipinski definition) is 2. The second kappa shape index (κ2) is 2.16. The third kappa shape index (κ3) is 0.789. The van der Waals surface area contributed by atoms with Gasteiger partial charge in [0.2, 0.25) is 0 Å². The Hall–Kier alpha value is -1.27. The molecule has 0 saturated heterocycles. The van der Waals surface area contributed by atoms with Crippen LogP contribution in [0.15, 0.2) is 35.5 Å². The van der Waals surface area contributed by atoms with E-state index in [9.17, 15) is 0 Å². The fourth-order valence-corrected chi connectivity index (χ4v) is 1.13. The van der Waals surface area contributed by atoms with Crippen LogP contribution in [-0.2, 0) is 0 Å². The Bertz CT molecular complexity index is 244. The Morgan fingerprint density at radius 2 is 2.20 bits per heavy atom. The molecular formula is C8H8N2. The molecule has 50 valence electrons. The summed E-state index contributed by atoms with van der Waals surface area (Å²) in [5.41, 5.74) is 0. The molecule has 2 atom stereocenters. The van der Waals surface area contributed by atoms with Gasteiger partial charge in [0.05, 0.1) is 12.2 Å². The maximum absolute atomic E-state index is 4.15. The number of fused-ring (bicyclic) bond motifs is 1. The molecular weight excluding hydrogens is 124 g/mol. The zero-order valence-corrected chi connectivity index (χ0v) is 5.49. The van der Waals surface area contributed by atoms with E-state index in [4.69, 9.17) is 0 Å². The van der Waals surface area contributed by atoms with E-state index in [0.29, 0.717) is 6.04 Å². The molecule has 0 aromatic carbocycles. The molecule has 10 heavy (non-hydrogen) atoms. The molecule has 0 radical (unpaired) electrons. The predicted molar refractivity (Wildman–Crippen MR) is 41.0 cm³/mol. The molecule has 2 unspecified atom stereocenters. The number of rotatable bonds is 0. The van der Waals surface area contributed by atoms with Gasteiger partial charge < -0.3 is 5.32 Å². The van der Waals surface area contributed by atoms with Gasteiger partial charge in [0, 0.05) is 0 Å². The van der Waals surface area contributed by atoms with Crippen molar-refractivity contribution in [1.82, 2.24) is 5.32 Å². The van der Waals surface area contributed by atoms with Crippen LogP contribution in [0.5, 0.6) is 0 Å². The second-order valence-corrected chi connectivity index (χ2v) is 2.36. The maximum atomic E-state index is 4.15. The third-order valence-electron chi connectivity index (χ3n) is 1.67. The van der Waals surface area contributed by atoms with E-state index in [2.05, 4.69) is 28.3 Å². The Kier molecular flexibility index (Phi) is 1.19. The van der Waals surface area contributed by atoms with Crippen molar-refractivity contribution in [1.29, 1.82) is 0 Å². The summed E-state index contributed by atoms with van der Waals surface area (Å²) in [5, 5.41) is 3.15. The normalized spacial score (nSPS) is 33.6. The van der Waals surface area contributed by atoms with Gasteiger partial charge in [-0.2, -0.15) is 0 Å². The van der Waals surface area contributed by atoms with E-state index in [1.807, 2.05) is 12.2 Å². The summed E-state index contributed by atoms with van der Waals surface area (Å²) < 4.78 is 0. The topological polar surface area (TPSA) is 24.4 Å². The molecule has 2 heteroatoms. The highest BCUT2D eigenvalue weighted by Crippen LogP contribution is 2.09. The first-order chi connectivity index (χ1) is 4.97. The Balaban J connectivity index is 2.29. The lowest BCUT2D eigenvalue weighted by Crippen LogP contribution is -2.36. The van der Waals surface area contributed by atoms with Crippen molar-refractivity contribution in [3.05, 3.63) is 30.5 Å². The van der Waals surface area contributed by atoms with Gasteiger partial charge in [0.25, 0.3) is 0 Å². The Morgan fingerprint density at radius 1 is 1.30 bits per heavy atom. The summed E-state index contributed by atoms with van der Waals surface area (Å²) >= 11 is 0. The van der Waals surface area contributed by atoms with Gasteiger partial charge in [-0.15, -0.1) is 0 Å². The van der Waals surface area contributed by atoms with E-state index in [1.54, 1.807) is 6.20 Å². The molecule has 1 N–H and O–H groups in total. The van der Waals surface area contributed by atoms with Crippen LogP contribution < -0.4 is 5.32 Å². The van der Waals surface area contributed by atoms with Crippen molar-refractivity contribution in [3.63, 3.8) is 0 Å². The van der Waals surface area contributed by atoms with Gasteiger partial charge in [0.1, 0.15) is 6.04 Å². The first kappa shape index (κ1) is 5.51. The van der Waals surface area contributed by atoms with Gasteiger partial charge in [0.15, 0.2) is 0 Å². The van der Waals surface area contributed by atoms with Crippen LogP contribution in [0.1, 0.15) is 0 Å². The molecule has 1 heterocycles. The van der Waals surface area contributed by atoms with Gasteiger partial charge in [-0.1, -0.05) is 24.3 Å². The van der Waals surface area contributed by atoms with Gasteiger partial charge >= 0.3 is 0 Å². The molecule has 2 nitrogen and oxygen atoms in total. The summed E-state index contributed by atoms with van der Waals surface area (Å²) in [6.07, 6.45) is 9.97. The number of aliphatic imine (C=N–C) groups is 1. The number of allylic oxidation sites excluding steroid dienone is 2. The molecule has 0 fully saturated rings. The SMILES string of the molecule is C1=CNC2C=CC=CC2N=1. The molecule has 2 aliphatic rings. The summed E-state index contributed by atoms with van der Waals surface area (Å²) in [6, 6.07) is 0.612. The standard InChI is InChI=1S/C8H8N2/c1-2-4-8-7(3-1)9-5-6-10-8/h1-5,7-9H. The quantitative estimate of drug-likeness (QED) is 0.514. The van der Waals surface area contributed by atoms with Crippen LogP contribution in [-0.4, -0.2) is 18.0 Å². The van der Waals surface area contributed by atoms with E-state index in [-0.39, 0.29) is 6.04 Å². The van der Waals surface area contributed by atoms with Crippen LogP contribution in [0.4, 0.5) is 0 Å². The van der Waals surface area contributed by atoms with E-state index in [0.717, 1.165) is 0 Å². The minimum absolute atomic E-state index is 0.259. The highest BCUT2D eigenvalue weighted by atomic mass is 15.0. The first-order valence-electron chi connectivity index (χ1n) is 3.35. The second-order valence-electron chi connectivity index (χ2n) is 2.36. The van der Waals surface area contributed by atoms with Crippen LogP contribution in [0.3, 0.4) is 0 Å². The van der Waals surface area contributed by atoms with Crippen molar-refractivity contribution in [2.75, 3.05) is 0 Å². The van der Waals surface area contributed by atoms with Crippen LogP contribution in [0.2, 0.25) is 0 Å². The monoisotopic (exact) mass is 132 g/mol. The summed E-state index contributed by atoms with van der Waals surface area (Å²) in [6.45, 7) is 0. The molecule has 1 aliphatic carbocycles. The summed E-state index contributed by atoms with van der Waals surface area (Å²) in [5.74, 6) is 2.79. The Morgan fingerprint density at radius 3 is 3.10 bits per heavy atom. The fourth-order valence-electron chi connectivity index (χ4n) is 1.13. The van der Waals surface area contributed by atoms with Gasteiger partial charge in [-0.3, -0.25) is 0 Å². The molecule has 0 aromatic heterocycles. The largest absolute Gasteiger partial charge is 0.375 e.